The highest BCUT2D eigenvalue weighted by molar-refractivity contribution is 5.87. The molecule has 0 saturated carbocycles. The van der Waals surface area contributed by atoms with Gasteiger partial charge >= 0.3 is 0 Å². The van der Waals surface area contributed by atoms with Crippen LogP contribution in [0.15, 0.2) is 30.3 Å². The molecule has 1 atom stereocenters. The summed E-state index contributed by atoms with van der Waals surface area (Å²) < 4.78 is 0. The second kappa shape index (κ2) is 6.89. The molecule has 0 radical (unpaired) electrons. The van der Waals surface area contributed by atoms with Gasteiger partial charge in [0.15, 0.2) is 0 Å². The maximum atomic E-state index is 11.7. The summed E-state index contributed by atoms with van der Waals surface area (Å²) in [5.74, 6) is -0.262. The fraction of sp³-hybridized carbons (Fsp3) is 0.429. The van der Waals surface area contributed by atoms with Crippen molar-refractivity contribution in [1.82, 2.24) is 16.0 Å². The molecule has 0 aliphatic carbocycles. The van der Waals surface area contributed by atoms with Crippen LogP contribution in [0.1, 0.15) is 18.4 Å². The van der Waals surface area contributed by atoms with Gasteiger partial charge < -0.3 is 16.0 Å². The Morgan fingerprint density at radius 3 is 2.68 bits per heavy atom. The predicted octanol–water partition coefficient (Wildman–Crippen LogP) is 0.171. The highest BCUT2D eigenvalue weighted by Crippen LogP contribution is 2.04. The molecule has 1 heterocycles. The smallest absolute Gasteiger partial charge is 0.239 e. The molecule has 3 N–H and O–H groups in total. The maximum Gasteiger partial charge on any atom is 0.239 e. The molecule has 5 heteroatoms. The highest BCUT2D eigenvalue weighted by Gasteiger charge is 2.21. The molecule has 0 aromatic heterocycles. The van der Waals surface area contributed by atoms with Gasteiger partial charge in [0, 0.05) is 6.54 Å². The summed E-state index contributed by atoms with van der Waals surface area (Å²) in [4.78, 5) is 23.3. The van der Waals surface area contributed by atoms with Gasteiger partial charge in [-0.05, 0) is 24.9 Å². The Hall–Kier alpha value is -1.88. The number of rotatable bonds is 5. The molecule has 1 aliphatic rings. The minimum atomic E-state index is -0.171. The van der Waals surface area contributed by atoms with Gasteiger partial charge in [0.25, 0.3) is 0 Å². The molecule has 1 aromatic rings. The number of nitrogens with one attached hydrogen (secondary N) is 3. The summed E-state index contributed by atoms with van der Waals surface area (Å²) in [7, 11) is 0. The second-order valence-electron chi connectivity index (χ2n) is 4.63. The van der Waals surface area contributed by atoms with Crippen LogP contribution in [-0.4, -0.2) is 30.9 Å². The van der Waals surface area contributed by atoms with E-state index in [0.717, 1.165) is 24.9 Å². The molecule has 0 spiro atoms. The van der Waals surface area contributed by atoms with Gasteiger partial charge in [-0.2, -0.15) is 0 Å². The van der Waals surface area contributed by atoms with Crippen LogP contribution in [0, 0.1) is 0 Å². The lowest BCUT2D eigenvalue weighted by Crippen LogP contribution is -2.44. The zero-order chi connectivity index (χ0) is 13.5. The predicted molar refractivity (Wildman–Crippen MR) is 72.3 cm³/mol. The summed E-state index contributed by atoms with van der Waals surface area (Å²) in [5.41, 5.74) is 1.04. The molecular weight excluding hydrogens is 242 g/mol. The van der Waals surface area contributed by atoms with Crippen molar-refractivity contribution in [3.8, 4) is 0 Å². The van der Waals surface area contributed by atoms with Crippen LogP contribution >= 0.6 is 0 Å². The van der Waals surface area contributed by atoms with E-state index in [9.17, 15) is 9.59 Å². The largest absolute Gasteiger partial charge is 0.350 e. The van der Waals surface area contributed by atoms with E-state index in [1.165, 1.54) is 0 Å². The van der Waals surface area contributed by atoms with Crippen LogP contribution in [-0.2, 0) is 16.1 Å². The van der Waals surface area contributed by atoms with Crippen molar-refractivity contribution in [2.24, 2.45) is 0 Å². The SMILES string of the molecule is O=C(CNC(=O)[C@H]1CCCN1)NCc1ccccc1. The van der Waals surface area contributed by atoms with Crippen LogP contribution < -0.4 is 16.0 Å². The standard InChI is InChI=1S/C14H19N3O2/c18-13(16-9-11-5-2-1-3-6-11)10-17-14(19)12-7-4-8-15-12/h1-3,5-6,12,15H,4,7-10H2,(H,16,18)(H,17,19)/t12-/m1/s1. The molecule has 1 fully saturated rings. The average molecular weight is 261 g/mol. The number of carbonyl (C=O) groups excluding carboxylic acids is 2. The van der Waals surface area contributed by atoms with Crippen molar-refractivity contribution in [2.75, 3.05) is 13.1 Å². The fourth-order valence-electron chi connectivity index (χ4n) is 2.06. The van der Waals surface area contributed by atoms with Crippen molar-refractivity contribution in [2.45, 2.75) is 25.4 Å². The van der Waals surface area contributed by atoms with E-state index >= 15 is 0 Å². The molecule has 0 unspecified atom stereocenters. The molecule has 2 rings (SSSR count). The first-order valence-corrected chi connectivity index (χ1v) is 6.57. The molecule has 19 heavy (non-hydrogen) atoms. The Morgan fingerprint density at radius 1 is 1.21 bits per heavy atom. The second-order valence-corrected chi connectivity index (χ2v) is 4.63. The minimum Gasteiger partial charge on any atom is -0.350 e. The number of hydrogen-bond acceptors (Lipinski definition) is 3. The van der Waals surface area contributed by atoms with Crippen LogP contribution in [0.2, 0.25) is 0 Å². The zero-order valence-corrected chi connectivity index (χ0v) is 10.8. The van der Waals surface area contributed by atoms with Gasteiger partial charge in [-0.1, -0.05) is 30.3 Å². The normalized spacial score (nSPS) is 18.0. The van der Waals surface area contributed by atoms with Crippen LogP contribution in [0.4, 0.5) is 0 Å². The zero-order valence-electron chi connectivity index (χ0n) is 10.8. The third-order valence-electron chi connectivity index (χ3n) is 3.13. The van der Waals surface area contributed by atoms with Crippen LogP contribution in [0.25, 0.3) is 0 Å². The first kappa shape index (κ1) is 13.5. The molecule has 1 saturated heterocycles. The summed E-state index contributed by atoms with van der Waals surface area (Å²) in [5, 5.41) is 8.51. The van der Waals surface area contributed by atoms with Crippen LogP contribution in [0.5, 0.6) is 0 Å². The van der Waals surface area contributed by atoms with Crippen LogP contribution in [0.3, 0.4) is 0 Å². The quantitative estimate of drug-likeness (QED) is 0.707. The summed E-state index contributed by atoms with van der Waals surface area (Å²) in [6.45, 7) is 1.39. The molecule has 2 amide bonds. The number of hydrogen-bond donors (Lipinski definition) is 3. The number of benzene rings is 1. The van der Waals surface area contributed by atoms with Gasteiger partial charge in [0.05, 0.1) is 12.6 Å². The molecule has 1 aromatic carbocycles. The lowest BCUT2D eigenvalue weighted by Gasteiger charge is -2.11. The van der Waals surface area contributed by atoms with Gasteiger partial charge in [-0.3, -0.25) is 9.59 Å². The maximum absolute atomic E-state index is 11.7. The Morgan fingerprint density at radius 2 is 2.00 bits per heavy atom. The van der Waals surface area contributed by atoms with Crippen molar-refractivity contribution in [3.63, 3.8) is 0 Å². The van der Waals surface area contributed by atoms with Gasteiger partial charge in [0.2, 0.25) is 11.8 Å². The molecule has 102 valence electrons. The first-order valence-electron chi connectivity index (χ1n) is 6.57. The Bertz CT molecular complexity index is 428. The van der Waals surface area contributed by atoms with Gasteiger partial charge in [-0.25, -0.2) is 0 Å². The Balaban J connectivity index is 1.65. The topological polar surface area (TPSA) is 70.2 Å². The Kier molecular flexibility index (Phi) is 4.92. The summed E-state index contributed by atoms with van der Waals surface area (Å²) in [6.07, 6.45) is 1.86. The monoisotopic (exact) mass is 261 g/mol. The Labute approximate surface area is 112 Å². The minimum absolute atomic E-state index is 0.0316. The van der Waals surface area contributed by atoms with E-state index in [4.69, 9.17) is 0 Å². The highest BCUT2D eigenvalue weighted by atomic mass is 16.2. The van der Waals surface area contributed by atoms with E-state index in [1.807, 2.05) is 30.3 Å². The molecule has 0 bridgehead atoms. The van der Waals surface area contributed by atoms with E-state index in [2.05, 4.69) is 16.0 Å². The lowest BCUT2D eigenvalue weighted by atomic mass is 10.2. The third-order valence-corrected chi connectivity index (χ3v) is 3.13. The van der Waals surface area contributed by atoms with E-state index < -0.39 is 0 Å². The van der Waals surface area contributed by atoms with E-state index in [-0.39, 0.29) is 24.4 Å². The summed E-state index contributed by atoms with van der Waals surface area (Å²) >= 11 is 0. The number of carbonyl (C=O) groups is 2. The van der Waals surface area contributed by atoms with Crippen molar-refractivity contribution < 1.29 is 9.59 Å². The summed E-state index contributed by atoms with van der Waals surface area (Å²) in [6, 6.07) is 9.54. The molecular formula is C14H19N3O2. The number of amides is 2. The van der Waals surface area contributed by atoms with Gasteiger partial charge in [-0.15, -0.1) is 0 Å². The first-order chi connectivity index (χ1) is 9.25. The van der Waals surface area contributed by atoms with Crippen molar-refractivity contribution >= 4 is 11.8 Å². The van der Waals surface area contributed by atoms with Gasteiger partial charge in [0.1, 0.15) is 0 Å². The lowest BCUT2D eigenvalue weighted by molar-refractivity contribution is -0.127. The van der Waals surface area contributed by atoms with Crippen molar-refractivity contribution in [1.29, 1.82) is 0 Å². The molecule has 1 aliphatic heterocycles. The molecule has 5 nitrogen and oxygen atoms in total. The fourth-order valence-corrected chi connectivity index (χ4v) is 2.06. The van der Waals surface area contributed by atoms with E-state index in [1.54, 1.807) is 0 Å². The third kappa shape index (κ3) is 4.37. The van der Waals surface area contributed by atoms with E-state index in [0.29, 0.717) is 6.54 Å². The van der Waals surface area contributed by atoms with Crippen molar-refractivity contribution in [3.05, 3.63) is 35.9 Å². The average Bonchev–Trinajstić information content (AvgIpc) is 2.98.